The SMILES string of the molecule is CS(C)(C)c1ccc(-n2c3ccccc3c3ccc(-c4ccc5c6ccccc6n(-c6nc(-c7ccccc7)cc(-c7ccccc7)n6)c5c4)cc32)cc1. The van der Waals surface area contributed by atoms with E-state index < -0.39 is 10.0 Å². The highest BCUT2D eigenvalue weighted by Crippen LogP contribution is 2.45. The fourth-order valence-corrected chi connectivity index (χ4v) is 8.80. The highest BCUT2D eigenvalue weighted by atomic mass is 32.3. The third-order valence-corrected chi connectivity index (χ3v) is 12.2. The summed E-state index contributed by atoms with van der Waals surface area (Å²) in [5, 5.41) is 4.84. The van der Waals surface area contributed by atoms with Crippen molar-refractivity contribution in [3.05, 3.63) is 176 Å². The van der Waals surface area contributed by atoms with E-state index in [9.17, 15) is 0 Å². The van der Waals surface area contributed by atoms with E-state index in [1.165, 1.54) is 43.2 Å². The van der Waals surface area contributed by atoms with Crippen molar-refractivity contribution in [3.63, 3.8) is 0 Å². The molecule has 0 spiro atoms. The van der Waals surface area contributed by atoms with Gasteiger partial charge >= 0.3 is 0 Å². The highest BCUT2D eigenvalue weighted by molar-refractivity contribution is 8.32. The topological polar surface area (TPSA) is 35.6 Å². The van der Waals surface area contributed by atoms with Crippen LogP contribution in [0.4, 0.5) is 0 Å². The summed E-state index contributed by atoms with van der Waals surface area (Å²) in [6.45, 7) is 0. The molecule has 5 heteroatoms. The van der Waals surface area contributed by atoms with Crippen molar-refractivity contribution in [1.82, 2.24) is 19.1 Å². The number of fused-ring (bicyclic) bond motifs is 6. The van der Waals surface area contributed by atoms with Crippen LogP contribution in [0, 0.1) is 0 Å². The predicted molar refractivity (Wildman–Crippen MR) is 231 cm³/mol. The summed E-state index contributed by atoms with van der Waals surface area (Å²) >= 11 is 0. The number of aromatic nitrogens is 4. The molecule has 10 aromatic rings. The van der Waals surface area contributed by atoms with Crippen LogP contribution in [0.2, 0.25) is 0 Å². The van der Waals surface area contributed by atoms with Gasteiger partial charge in [-0.15, -0.1) is 0 Å². The second-order valence-electron chi connectivity index (χ2n) is 14.7. The molecule has 10 rings (SSSR count). The van der Waals surface area contributed by atoms with Gasteiger partial charge in [-0.2, -0.15) is 0 Å². The number of hydrogen-bond acceptors (Lipinski definition) is 2. The second kappa shape index (κ2) is 12.6. The van der Waals surface area contributed by atoms with Crippen LogP contribution in [0.5, 0.6) is 0 Å². The summed E-state index contributed by atoms with van der Waals surface area (Å²) in [6, 6.07) is 63.1. The molecule has 0 aliphatic rings. The first kappa shape index (κ1) is 32.2. The second-order valence-corrected chi connectivity index (χ2v) is 18.8. The molecule has 7 aromatic carbocycles. The molecule has 54 heavy (non-hydrogen) atoms. The molecular formula is C49H38N4S. The molecule has 0 bridgehead atoms. The van der Waals surface area contributed by atoms with E-state index in [0.29, 0.717) is 5.95 Å². The molecule has 0 N–H and O–H groups in total. The van der Waals surface area contributed by atoms with Gasteiger partial charge in [0.05, 0.1) is 33.5 Å². The van der Waals surface area contributed by atoms with Crippen LogP contribution in [-0.2, 0) is 0 Å². The molecule has 0 saturated carbocycles. The Balaban J connectivity index is 1.19. The predicted octanol–water partition coefficient (Wildman–Crippen LogP) is 12.7. The molecule has 0 aliphatic carbocycles. The van der Waals surface area contributed by atoms with Crippen LogP contribution in [0.25, 0.3) is 88.9 Å². The molecule has 0 radical (unpaired) electrons. The fourth-order valence-electron chi connectivity index (χ4n) is 7.85. The van der Waals surface area contributed by atoms with E-state index in [0.717, 1.165) is 44.7 Å². The van der Waals surface area contributed by atoms with Gasteiger partial charge in [0, 0.05) is 38.4 Å². The van der Waals surface area contributed by atoms with Crippen molar-refractivity contribution in [3.8, 4) is 45.3 Å². The van der Waals surface area contributed by atoms with Gasteiger partial charge in [-0.05, 0) is 89.4 Å². The molecule has 3 heterocycles. The van der Waals surface area contributed by atoms with Gasteiger partial charge in [-0.3, -0.25) is 4.57 Å². The van der Waals surface area contributed by atoms with Crippen molar-refractivity contribution in [2.75, 3.05) is 18.8 Å². The molecule has 0 fully saturated rings. The average molecular weight is 715 g/mol. The van der Waals surface area contributed by atoms with Crippen LogP contribution >= 0.6 is 10.0 Å². The van der Waals surface area contributed by atoms with Gasteiger partial charge in [0.2, 0.25) is 5.95 Å². The third kappa shape index (κ3) is 5.39. The standard InChI is InChI=1S/C49H38N4S/c1-54(2,3)38-26-24-37(25-27-38)52-45-20-12-10-18-39(45)41-28-22-35(30-47(41)52)36-23-29-42-40-19-11-13-21-46(40)53(48(42)31-36)49-50-43(33-14-6-4-7-15-33)32-44(51-49)34-16-8-5-9-17-34/h4-32H,1-3H3. The molecule has 0 saturated heterocycles. The van der Waals surface area contributed by atoms with Gasteiger partial charge in [-0.1, -0.05) is 121 Å². The molecule has 3 aromatic heterocycles. The Morgan fingerprint density at radius 3 is 1.33 bits per heavy atom. The van der Waals surface area contributed by atoms with E-state index in [-0.39, 0.29) is 0 Å². The van der Waals surface area contributed by atoms with Crippen LogP contribution in [0.1, 0.15) is 0 Å². The fraction of sp³-hybridized carbons (Fsp3) is 0.0612. The molecule has 0 unspecified atom stereocenters. The summed E-state index contributed by atoms with van der Waals surface area (Å²) in [4.78, 5) is 11.9. The summed E-state index contributed by atoms with van der Waals surface area (Å²) in [7, 11) is -0.821. The molecule has 0 aliphatic heterocycles. The van der Waals surface area contributed by atoms with Crippen molar-refractivity contribution < 1.29 is 0 Å². The van der Waals surface area contributed by atoms with E-state index >= 15 is 0 Å². The Morgan fingerprint density at radius 2 is 0.815 bits per heavy atom. The molecular weight excluding hydrogens is 677 g/mol. The minimum Gasteiger partial charge on any atom is -0.309 e. The lowest BCUT2D eigenvalue weighted by Crippen LogP contribution is -2.04. The first-order valence-corrected chi connectivity index (χ1v) is 21.1. The van der Waals surface area contributed by atoms with Crippen LogP contribution < -0.4 is 0 Å². The average Bonchev–Trinajstić information content (AvgIpc) is 3.73. The Hall–Kier alpha value is -6.43. The number of rotatable bonds is 6. The lowest BCUT2D eigenvalue weighted by atomic mass is 10.0. The Kier molecular flexibility index (Phi) is 7.53. The maximum atomic E-state index is 5.26. The monoisotopic (exact) mass is 714 g/mol. The largest absolute Gasteiger partial charge is 0.309 e. The number of para-hydroxylation sites is 2. The minimum atomic E-state index is -0.821. The van der Waals surface area contributed by atoms with E-state index in [2.05, 4.69) is 192 Å². The first-order valence-electron chi connectivity index (χ1n) is 18.3. The zero-order valence-electron chi connectivity index (χ0n) is 30.4. The molecule has 260 valence electrons. The molecule has 0 atom stereocenters. The van der Waals surface area contributed by atoms with Gasteiger partial charge in [-0.25, -0.2) is 20.0 Å². The van der Waals surface area contributed by atoms with Crippen molar-refractivity contribution in [1.29, 1.82) is 0 Å². The summed E-state index contributed by atoms with van der Waals surface area (Å²) < 4.78 is 4.65. The Labute approximate surface area is 316 Å². The highest BCUT2D eigenvalue weighted by Gasteiger charge is 2.19. The zero-order valence-corrected chi connectivity index (χ0v) is 31.3. The third-order valence-electron chi connectivity index (χ3n) is 10.5. The quantitative estimate of drug-likeness (QED) is 0.172. The maximum absolute atomic E-state index is 5.26. The van der Waals surface area contributed by atoms with E-state index in [1.807, 2.05) is 12.1 Å². The lowest BCUT2D eigenvalue weighted by Gasteiger charge is -2.26. The van der Waals surface area contributed by atoms with Gasteiger partial charge in [0.1, 0.15) is 0 Å². The van der Waals surface area contributed by atoms with Gasteiger partial charge in [0.15, 0.2) is 0 Å². The smallest absolute Gasteiger partial charge is 0.235 e. The normalized spacial score (nSPS) is 12.3. The first-order chi connectivity index (χ1) is 26.4. The van der Waals surface area contributed by atoms with Crippen molar-refractivity contribution >= 4 is 53.6 Å². The Morgan fingerprint density at radius 1 is 0.370 bits per heavy atom. The zero-order chi connectivity index (χ0) is 36.4. The maximum Gasteiger partial charge on any atom is 0.235 e. The summed E-state index contributed by atoms with van der Waals surface area (Å²) in [6.07, 6.45) is 7.04. The Bertz CT molecular complexity index is 2950. The number of nitrogens with zero attached hydrogens (tertiary/aromatic N) is 4. The van der Waals surface area contributed by atoms with E-state index in [1.54, 1.807) is 0 Å². The summed E-state index contributed by atoms with van der Waals surface area (Å²) in [5.74, 6) is 0.648. The van der Waals surface area contributed by atoms with Gasteiger partial charge < -0.3 is 4.57 Å². The van der Waals surface area contributed by atoms with Crippen LogP contribution in [0.3, 0.4) is 0 Å². The number of benzene rings is 7. The van der Waals surface area contributed by atoms with Crippen molar-refractivity contribution in [2.45, 2.75) is 4.90 Å². The lowest BCUT2D eigenvalue weighted by molar-refractivity contribution is 0.996. The minimum absolute atomic E-state index is 0.648. The molecule has 0 amide bonds. The van der Waals surface area contributed by atoms with Gasteiger partial charge in [0.25, 0.3) is 0 Å². The van der Waals surface area contributed by atoms with Crippen LogP contribution in [-0.4, -0.2) is 37.9 Å². The van der Waals surface area contributed by atoms with E-state index in [4.69, 9.17) is 9.97 Å². The van der Waals surface area contributed by atoms with Crippen molar-refractivity contribution in [2.24, 2.45) is 0 Å². The number of hydrogen-bond donors (Lipinski definition) is 0. The summed E-state index contributed by atoms with van der Waals surface area (Å²) in [5.41, 5.74) is 11.9. The molecule has 4 nitrogen and oxygen atoms in total. The van der Waals surface area contributed by atoms with Crippen LogP contribution in [0.15, 0.2) is 181 Å².